The maximum absolute atomic E-state index is 9.66. The monoisotopic (exact) mass is 349 g/mol. The number of benzene rings is 2. The van der Waals surface area contributed by atoms with Crippen LogP contribution in [0.25, 0.3) is 0 Å². The van der Waals surface area contributed by atoms with Crippen LogP contribution in [0.2, 0.25) is 0 Å². The van der Waals surface area contributed by atoms with Gasteiger partial charge in [-0.05, 0) is 42.3 Å². The Morgan fingerprint density at radius 1 is 1.19 bits per heavy atom. The normalized spacial score (nSPS) is 12.0. The smallest absolute Gasteiger partial charge is 0.118 e. The van der Waals surface area contributed by atoms with E-state index < -0.39 is 6.10 Å². The van der Waals surface area contributed by atoms with Gasteiger partial charge >= 0.3 is 0 Å². The Kier molecular flexibility index (Phi) is 5.26. The lowest BCUT2D eigenvalue weighted by Crippen LogP contribution is -2.16. The number of aliphatic hydroxyl groups excluding tert-OH is 1. The summed E-state index contributed by atoms with van der Waals surface area (Å²) in [5, 5.41) is 9.66. The Bertz CT molecular complexity index is 596. The van der Waals surface area contributed by atoms with Gasteiger partial charge < -0.3 is 14.7 Å². The molecule has 0 amide bonds. The third kappa shape index (κ3) is 3.99. The second kappa shape index (κ2) is 6.96. The number of methoxy groups -OCH3 is 1. The second-order valence-corrected chi connectivity index (χ2v) is 5.94. The molecule has 2 rings (SSSR count). The molecule has 0 saturated carbocycles. The first-order valence-electron chi connectivity index (χ1n) is 6.83. The summed E-state index contributed by atoms with van der Waals surface area (Å²) in [7, 11) is 3.72. The average molecular weight is 350 g/mol. The van der Waals surface area contributed by atoms with Crippen LogP contribution < -0.4 is 9.64 Å². The van der Waals surface area contributed by atoms with Crippen molar-refractivity contribution in [2.45, 2.75) is 19.6 Å². The summed E-state index contributed by atoms with van der Waals surface area (Å²) in [5.41, 5.74) is 3.22. The molecule has 0 aromatic heterocycles. The highest BCUT2D eigenvalue weighted by molar-refractivity contribution is 9.10. The maximum Gasteiger partial charge on any atom is 0.118 e. The van der Waals surface area contributed by atoms with Gasteiger partial charge in [0.2, 0.25) is 0 Å². The van der Waals surface area contributed by atoms with Crippen LogP contribution in [0.4, 0.5) is 5.69 Å². The molecule has 4 heteroatoms. The van der Waals surface area contributed by atoms with Gasteiger partial charge in [0.1, 0.15) is 5.75 Å². The van der Waals surface area contributed by atoms with Gasteiger partial charge in [-0.3, -0.25) is 0 Å². The van der Waals surface area contributed by atoms with Crippen molar-refractivity contribution in [2.75, 3.05) is 19.1 Å². The standard InChI is InChI=1S/C17H20BrNO2/c1-12(20)16-9-6-14(10-17(16)18)19(2)11-13-4-7-15(21-3)8-5-13/h4-10,12,20H,11H2,1-3H3. The summed E-state index contributed by atoms with van der Waals surface area (Å²) in [5.74, 6) is 0.866. The van der Waals surface area contributed by atoms with E-state index in [2.05, 4.69) is 33.0 Å². The van der Waals surface area contributed by atoms with E-state index >= 15 is 0 Å². The Morgan fingerprint density at radius 2 is 1.86 bits per heavy atom. The molecule has 0 bridgehead atoms. The molecule has 0 radical (unpaired) electrons. The third-order valence-corrected chi connectivity index (χ3v) is 4.14. The lowest BCUT2D eigenvalue weighted by molar-refractivity contribution is 0.198. The second-order valence-electron chi connectivity index (χ2n) is 5.09. The zero-order valence-electron chi connectivity index (χ0n) is 12.5. The van der Waals surface area contributed by atoms with Gasteiger partial charge in [0.25, 0.3) is 0 Å². The average Bonchev–Trinajstić information content (AvgIpc) is 2.47. The van der Waals surface area contributed by atoms with E-state index in [-0.39, 0.29) is 0 Å². The molecule has 0 spiro atoms. The van der Waals surface area contributed by atoms with E-state index in [0.29, 0.717) is 0 Å². The Hall–Kier alpha value is -1.52. The fourth-order valence-electron chi connectivity index (χ4n) is 2.19. The Balaban J connectivity index is 2.12. The van der Waals surface area contributed by atoms with Crippen LogP contribution in [-0.2, 0) is 6.54 Å². The largest absolute Gasteiger partial charge is 0.497 e. The van der Waals surface area contributed by atoms with Crippen LogP contribution in [0, 0.1) is 0 Å². The molecule has 0 aliphatic carbocycles. The fraction of sp³-hybridized carbons (Fsp3) is 0.294. The van der Waals surface area contributed by atoms with Crippen molar-refractivity contribution < 1.29 is 9.84 Å². The number of hydrogen-bond acceptors (Lipinski definition) is 3. The molecule has 2 aromatic rings. The molecule has 0 aliphatic rings. The van der Waals surface area contributed by atoms with Gasteiger partial charge in [0.05, 0.1) is 13.2 Å². The molecular formula is C17H20BrNO2. The van der Waals surface area contributed by atoms with Gasteiger partial charge in [-0.1, -0.05) is 34.1 Å². The van der Waals surface area contributed by atoms with E-state index in [1.165, 1.54) is 5.56 Å². The SMILES string of the molecule is COc1ccc(CN(C)c2ccc(C(C)O)c(Br)c2)cc1. The van der Waals surface area contributed by atoms with Crippen LogP contribution in [0.1, 0.15) is 24.2 Å². The van der Waals surface area contributed by atoms with Crippen LogP contribution in [0.3, 0.4) is 0 Å². The quantitative estimate of drug-likeness (QED) is 0.880. The molecule has 0 aliphatic heterocycles. The molecular weight excluding hydrogens is 330 g/mol. The minimum Gasteiger partial charge on any atom is -0.497 e. The Labute approximate surface area is 134 Å². The molecule has 1 N–H and O–H groups in total. The molecule has 3 nitrogen and oxygen atoms in total. The predicted molar refractivity (Wildman–Crippen MR) is 89.9 cm³/mol. The maximum atomic E-state index is 9.66. The molecule has 1 unspecified atom stereocenters. The first-order valence-corrected chi connectivity index (χ1v) is 7.62. The first kappa shape index (κ1) is 15.9. The molecule has 0 fully saturated rings. The minimum absolute atomic E-state index is 0.472. The van der Waals surface area contributed by atoms with Gasteiger partial charge in [-0.15, -0.1) is 0 Å². The predicted octanol–water partition coefficient (Wildman–Crippen LogP) is 4.15. The molecule has 0 heterocycles. The van der Waals surface area contributed by atoms with Gasteiger partial charge in [-0.2, -0.15) is 0 Å². The van der Waals surface area contributed by atoms with Gasteiger partial charge in [0, 0.05) is 23.8 Å². The molecule has 2 aromatic carbocycles. The minimum atomic E-state index is -0.472. The lowest BCUT2D eigenvalue weighted by atomic mass is 10.1. The topological polar surface area (TPSA) is 32.7 Å². The zero-order valence-corrected chi connectivity index (χ0v) is 14.1. The van der Waals surface area contributed by atoms with Crippen LogP contribution in [0.15, 0.2) is 46.9 Å². The van der Waals surface area contributed by atoms with E-state index in [1.54, 1.807) is 14.0 Å². The number of rotatable bonds is 5. The first-order chi connectivity index (χ1) is 10.0. The molecule has 0 saturated heterocycles. The number of halogens is 1. The lowest BCUT2D eigenvalue weighted by Gasteiger charge is -2.21. The number of hydrogen-bond donors (Lipinski definition) is 1. The summed E-state index contributed by atoms with van der Waals surface area (Å²) in [4.78, 5) is 2.17. The van der Waals surface area contributed by atoms with E-state index in [4.69, 9.17) is 4.74 Å². The summed E-state index contributed by atoms with van der Waals surface area (Å²) >= 11 is 3.52. The highest BCUT2D eigenvalue weighted by Gasteiger charge is 2.09. The highest BCUT2D eigenvalue weighted by atomic mass is 79.9. The van der Waals surface area contributed by atoms with Crippen molar-refractivity contribution >= 4 is 21.6 Å². The number of aliphatic hydroxyl groups is 1. The van der Waals surface area contributed by atoms with Crippen molar-refractivity contribution in [3.63, 3.8) is 0 Å². The number of anilines is 1. The summed E-state index contributed by atoms with van der Waals surface area (Å²) in [6, 6.07) is 14.1. The Morgan fingerprint density at radius 3 is 2.38 bits per heavy atom. The molecule has 21 heavy (non-hydrogen) atoms. The summed E-state index contributed by atoms with van der Waals surface area (Å²) in [6.07, 6.45) is -0.472. The number of ether oxygens (including phenoxy) is 1. The van der Waals surface area contributed by atoms with Crippen LogP contribution >= 0.6 is 15.9 Å². The van der Waals surface area contributed by atoms with Crippen molar-refractivity contribution in [1.29, 1.82) is 0 Å². The number of nitrogens with zero attached hydrogens (tertiary/aromatic N) is 1. The van der Waals surface area contributed by atoms with Gasteiger partial charge in [0.15, 0.2) is 0 Å². The highest BCUT2D eigenvalue weighted by Crippen LogP contribution is 2.28. The van der Waals surface area contributed by atoms with E-state index in [9.17, 15) is 5.11 Å². The van der Waals surface area contributed by atoms with Crippen molar-refractivity contribution in [2.24, 2.45) is 0 Å². The zero-order chi connectivity index (χ0) is 15.4. The summed E-state index contributed by atoms with van der Waals surface area (Å²) < 4.78 is 6.09. The fourth-order valence-corrected chi connectivity index (χ4v) is 2.89. The van der Waals surface area contributed by atoms with Crippen LogP contribution in [0.5, 0.6) is 5.75 Å². The van der Waals surface area contributed by atoms with Crippen molar-refractivity contribution in [3.8, 4) is 5.75 Å². The van der Waals surface area contributed by atoms with Crippen LogP contribution in [-0.4, -0.2) is 19.3 Å². The van der Waals surface area contributed by atoms with Crippen molar-refractivity contribution in [3.05, 3.63) is 58.1 Å². The van der Waals surface area contributed by atoms with E-state index in [1.807, 2.05) is 37.4 Å². The molecule has 112 valence electrons. The van der Waals surface area contributed by atoms with Crippen molar-refractivity contribution in [1.82, 2.24) is 0 Å². The molecule has 1 atom stereocenters. The summed E-state index contributed by atoms with van der Waals surface area (Å²) in [6.45, 7) is 2.57. The third-order valence-electron chi connectivity index (χ3n) is 3.45. The van der Waals surface area contributed by atoms with E-state index in [0.717, 1.165) is 28.0 Å². The van der Waals surface area contributed by atoms with Gasteiger partial charge in [-0.25, -0.2) is 0 Å².